The number of amides is 1. The lowest BCUT2D eigenvalue weighted by Crippen LogP contribution is -2.37. The van der Waals surface area contributed by atoms with E-state index in [1.54, 1.807) is 25.1 Å². The highest BCUT2D eigenvalue weighted by molar-refractivity contribution is 5.91. The predicted molar refractivity (Wildman–Crippen MR) is 107 cm³/mol. The lowest BCUT2D eigenvalue weighted by molar-refractivity contribution is -0.116. The van der Waals surface area contributed by atoms with Crippen molar-refractivity contribution < 1.29 is 9.18 Å². The van der Waals surface area contributed by atoms with Gasteiger partial charge in [0.05, 0.1) is 17.7 Å². The monoisotopic (exact) mass is 411 g/mol. The Morgan fingerprint density at radius 1 is 1.13 bits per heavy atom. The minimum absolute atomic E-state index is 0.151. The summed E-state index contributed by atoms with van der Waals surface area (Å²) in [5.74, 6) is -0.404. The number of nitrogens with one attached hydrogen (secondary N) is 1. The van der Waals surface area contributed by atoms with E-state index in [9.17, 15) is 18.8 Å². The molecule has 0 spiro atoms. The zero-order valence-electron chi connectivity index (χ0n) is 16.5. The Labute approximate surface area is 168 Å². The lowest BCUT2D eigenvalue weighted by atomic mass is 10.3. The molecule has 0 unspecified atom stereocenters. The zero-order chi connectivity index (χ0) is 21.6. The summed E-state index contributed by atoms with van der Waals surface area (Å²) < 4.78 is 18.3. The number of carbonyl (C=O) groups is 1. The van der Waals surface area contributed by atoms with Crippen molar-refractivity contribution in [2.45, 2.75) is 13.5 Å². The summed E-state index contributed by atoms with van der Waals surface area (Å²) in [5.41, 5.74) is 0.552. The van der Waals surface area contributed by atoms with E-state index in [1.165, 1.54) is 46.4 Å². The van der Waals surface area contributed by atoms with E-state index in [1.807, 2.05) is 0 Å². The lowest BCUT2D eigenvalue weighted by Gasteiger charge is -2.10. The first-order valence-corrected chi connectivity index (χ1v) is 8.99. The Kier molecular flexibility index (Phi) is 4.57. The van der Waals surface area contributed by atoms with Gasteiger partial charge >= 0.3 is 5.69 Å². The molecule has 0 fully saturated rings. The van der Waals surface area contributed by atoms with Gasteiger partial charge in [-0.1, -0.05) is 0 Å². The maximum atomic E-state index is 13.2. The normalized spacial score (nSPS) is 11.2. The molecule has 3 heterocycles. The highest BCUT2D eigenvalue weighted by Gasteiger charge is 2.17. The third kappa shape index (κ3) is 3.19. The van der Waals surface area contributed by atoms with Gasteiger partial charge in [0.1, 0.15) is 18.2 Å². The number of hydrogen-bond donors (Lipinski definition) is 1. The van der Waals surface area contributed by atoms with Crippen molar-refractivity contribution in [3.8, 4) is 5.69 Å². The number of nitrogens with zero attached hydrogens (tertiary/aromatic N) is 6. The summed E-state index contributed by atoms with van der Waals surface area (Å²) in [6.45, 7) is 1.57. The second kappa shape index (κ2) is 7.10. The number of benzene rings is 1. The van der Waals surface area contributed by atoms with E-state index in [0.717, 1.165) is 4.57 Å². The molecule has 154 valence electrons. The molecule has 0 saturated heterocycles. The van der Waals surface area contributed by atoms with Crippen molar-refractivity contribution in [2.24, 2.45) is 14.1 Å². The second-order valence-electron chi connectivity index (χ2n) is 6.86. The van der Waals surface area contributed by atoms with E-state index >= 15 is 0 Å². The summed E-state index contributed by atoms with van der Waals surface area (Å²) in [4.78, 5) is 41.3. The molecule has 3 aromatic heterocycles. The molecule has 1 aromatic carbocycles. The third-order valence-corrected chi connectivity index (χ3v) is 4.70. The van der Waals surface area contributed by atoms with E-state index in [0.29, 0.717) is 17.2 Å². The number of fused-ring (bicyclic) bond motifs is 1. The number of aryl methyl sites for hydroxylation is 2. The molecule has 4 aromatic rings. The molecule has 30 heavy (non-hydrogen) atoms. The average Bonchev–Trinajstić information content (AvgIpc) is 3.28. The van der Waals surface area contributed by atoms with Crippen LogP contribution >= 0.6 is 0 Å². The third-order valence-electron chi connectivity index (χ3n) is 4.70. The molecule has 1 amide bonds. The summed E-state index contributed by atoms with van der Waals surface area (Å²) >= 11 is 0. The zero-order valence-corrected chi connectivity index (χ0v) is 16.5. The molecule has 10 nitrogen and oxygen atoms in total. The molecule has 0 saturated carbocycles. The van der Waals surface area contributed by atoms with Gasteiger partial charge in [-0.25, -0.2) is 18.9 Å². The Balaban J connectivity index is 1.65. The van der Waals surface area contributed by atoms with Crippen molar-refractivity contribution >= 4 is 22.9 Å². The van der Waals surface area contributed by atoms with Crippen LogP contribution in [0.5, 0.6) is 0 Å². The number of carbonyl (C=O) groups excluding carboxylic acids is 1. The van der Waals surface area contributed by atoms with Crippen LogP contribution in [0, 0.1) is 12.7 Å². The van der Waals surface area contributed by atoms with Crippen molar-refractivity contribution in [3.05, 3.63) is 69.0 Å². The van der Waals surface area contributed by atoms with Crippen LogP contribution in [0.2, 0.25) is 0 Å². The fourth-order valence-electron chi connectivity index (χ4n) is 3.22. The molecule has 0 radical (unpaired) electrons. The fraction of sp³-hybridized carbons (Fsp3) is 0.211. The molecule has 0 aliphatic rings. The quantitative estimate of drug-likeness (QED) is 0.532. The highest BCUT2D eigenvalue weighted by atomic mass is 19.1. The summed E-state index contributed by atoms with van der Waals surface area (Å²) in [6.07, 6.45) is 1.34. The van der Waals surface area contributed by atoms with Crippen LogP contribution in [0.1, 0.15) is 5.69 Å². The second-order valence-corrected chi connectivity index (χ2v) is 6.86. The van der Waals surface area contributed by atoms with E-state index < -0.39 is 17.2 Å². The minimum atomic E-state index is -0.536. The first-order valence-electron chi connectivity index (χ1n) is 8.99. The van der Waals surface area contributed by atoms with E-state index in [2.05, 4.69) is 15.4 Å². The van der Waals surface area contributed by atoms with Gasteiger partial charge in [-0.05, 0) is 31.2 Å². The number of halogens is 1. The van der Waals surface area contributed by atoms with Crippen molar-refractivity contribution in [3.63, 3.8) is 0 Å². The van der Waals surface area contributed by atoms with Crippen molar-refractivity contribution in [1.29, 1.82) is 0 Å². The van der Waals surface area contributed by atoms with Crippen LogP contribution in [-0.2, 0) is 25.4 Å². The van der Waals surface area contributed by atoms with Crippen molar-refractivity contribution in [1.82, 2.24) is 28.5 Å². The topological polar surface area (TPSA) is 109 Å². The number of hydrogen-bond acceptors (Lipinski definition) is 5. The molecule has 0 atom stereocenters. The molecule has 0 aliphatic carbocycles. The Morgan fingerprint density at radius 2 is 1.83 bits per heavy atom. The molecule has 4 rings (SSSR count). The van der Waals surface area contributed by atoms with Crippen LogP contribution in [0.4, 0.5) is 10.2 Å². The molecule has 1 N–H and O–H groups in total. The Morgan fingerprint density at radius 3 is 2.53 bits per heavy atom. The van der Waals surface area contributed by atoms with Gasteiger partial charge in [0, 0.05) is 20.2 Å². The minimum Gasteiger partial charge on any atom is -0.315 e. The van der Waals surface area contributed by atoms with Crippen molar-refractivity contribution in [2.75, 3.05) is 5.32 Å². The van der Waals surface area contributed by atoms with E-state index in [-0.39, 0.29) is 23.5 Å². The average molecular weight is 411 g/mol. The van der Waals surface area contributed by atoms with Gasteiger partial charge in [0.25, 0.3) is 5.56 Å². The number of aromatic nitrogens is 6. The standard InChI is InChI=1S/C19H18FN7O3/c1-11-8-14(27(23-11)13-6-4-12(20)5-7-13)22-15(28)9-26-10-21-17-16(26)18(29)25(3)19(30)24(17)2/h4-8,10H,9H2,1-3H3,(H,22,28). The first kappa shape index (κ1) is 19.3. The van der Waals surface area contributed by atoms with Gasteiger partial charge in [-0.15, -0.1) is 0 Å². The highest BCUT2D eigenvalue weighted by Crippen LogP contribution is 2.18. The smallest absolute Gasteiger partial charge is 0.315 e. The van der Waals surface area contributed by atoms with Gasteiger partial charge in [0.2, 0.25) is 5.91 Å². The van der Waals surface area contributed by atoms with Gasteiger partial charge in [0.15, 0.2) is 11.2 Å². The molecular formula is C19H18FN7O3. The number of imidazole rings is 1. The van der Waals surface area contributed by atoms with Gasteiger partial charge < -0.3 is 9.88 Å². The predicted octanol–water partition coefficient (Wildman–Crippen LogP) is 0.706. The molecule has 0 bridgehead atoms. The van der Waals surface area contributed by atoms with Crippen LogP contribution in [0.25, 0.3) is 16.9 Å². The van der Waals surface area contributed by atoms with Crippen LogP contribution in [0.15, 0.2) is 46.2 Å². The summed E-state index contributed by atoms with van der Waals surface area (Å²) in [5, 5.41) is 7.08. The van der Waals surface area contributed by atoms with E-state index in [4.69, 9.17) is 0 Å². The molecule has 0 aliphatic heterocycles. The van der Waals surface area contributed by atoms with Crippen LogP contribution in [0.3, 0.4) is 0 Å². The first-order chi connectivity index (χ1) is 14.3. The molecule has 11 heteroatoms. The maximum Gasteiger partial charge on any atom is 0.332 e. The van der Waals surface area contributed by atoms with Gasteiger partial charge in [-0.2, -0.15) is 5.10 Å². The number of anilines is 1. The van der Waals surface area contributed by atoms with Crippen LogP contribution < -0.4 is 16.6 Å². The Bertz CT molecular complexity index is 1390. The van der Waals surface area contributed by atoms with Gasteiger partial charge in [-0.3, -0.25) is 18.7 Å². The maximum absolute atomic E-state index is 13.2. The van der Waals surface area contributed by atoms with Crippen LogP contribution in [-0.4, -0.2) is 34.4 Å². The SMILES string of the molecule is Cc1cc(NC(=O)Cn2cnc3c2c(=O)n(C)c(=O)n3C)n(-c2ccc(F)cc2)n1. The number of rotatable bonds is 4. The summed E-state index contributed by atoms with van der Waals surface area (Å²) in [7, 11) is 2.87. The Hall–Kier alpha value is -4.02. The molecular weight excluding hydrogens is 393 g/mol. The summed E-state index contributed by atoms with van der Waals surface area (Å²) in [6, 6.07) is 7.37. The largest absolute Gasteiger partial charge is 0.332 e. The fourth-order valence-corrected chi connectivity index (χ4v) is 3.22.